The Morgan fingerprint density at radius 3 is 2.82 bits per heavy atom. The van der Waals surface area contributed by atoms with Crippen LogP contribution in [0, 0.1) is 0 Å². The molecule has 64 valence electrons. The Hall–Kier alpha value is -0.680. The van der Waals surface area contributed by atoms with E-state index in [0.29, 0.717) is 0 Å². The fourth-order valence-electron chi connectivity index (χ4n) is 0.403. The number of aliphatic carboxylic acids is 1. The molecule has 2 atom stereocenters. The monoisotopic (exact) mass is 177 g/mol. The Morgan fingerprint density at radius 1 is 1.91 bits per heavy atom. The SMILES string of the molecule is C=CC[S@](=O)N[C@H](C)C(=O)O. The van der Waals surface area contributed by atoms with Gasteiger partial charge in [-0.15, -0.1) is 6.58 Å². The lowest BCUT2D eigenvalue weighted by Gasteiger charge is -2.05. The van der Waals surface area contributed by atoms with Crippen molar-refractivity contribution in [3.05, 3.63) is 12.7 Å². The van der Waals surface area contributed by atoms with Gasteiger partial charge in [0.2, 0.25) is 0 Å². The van der Waals surface area contributed by atoms with E-state index in [1.165, 1.54) is 13.0 Å². The summed E-state index contributed by atoms with van der Waals surface area (Å²) in [5, 5.41) is 8.38. The molecule has 0 spiro atoms. The third kappa shape index (κ3) is 4.69. The maximum absolute atomic E-state index is 10.8. The van der Waals surface area contributed by atoms with Crippen molar-refractivity contribution in [2.24, 2.45) is 0 Å². The van der Waals surface area contributed by atoms with Crippen molar-refractivity contribution < 1.29 is 14.1 Å². The molecule has 4 nitrogen and oxygen atoms in total. The van der Waals surface area contributed by atoms with Gasteiger partial charge in [-0.25, -0.2) is 8.93 Å². The molecule has 0 radical (unpaired) electrons. The summed E-state index contributed by atoms with van der Waals surface area (Å²) in [5.41, 5.74) is 0. The molecule has 0 heterocycles. The predicted molar refractivity (Wildman–Crippen MR) is 43.4 cm³/mol. The molecule has 5 heteroatoms. The van der Waals surface area contributed by atoms with Crippen LogP contribution in [0.25, 0.3) is 0 Å². The average Bonchev–Trinajstić information content (AvgIpc) is 1.87. The molecule has 0 fully saturated rings. The highest BCUT2D eigenvalue weighted by Crippen LogP contribution is 1.84. The zero-order chi connectivity index (χ0) is 8.85. The molecule has 0 unspecified atom stereocenters. The number of carboxylic acid groups (broad SMARTS) is 1. The van der Waals surface area contributed by atoms with E-state index in [1.807, 2.05) is 0 Å². The van der Waals surface area contributed by atoms with Gasteiger partial charge in [0.05, 0.1) is 16.7 Å². The summed E-state index contributed by atoms with van der Waals surface area (Å²) in [6, 6.07) is -0.782. The molecule has 0 aliphatic heterocycles. The van der Waals surface area contributed by atoms with Gasteiger partial charge < -0.3 is 5.11 Å². The van der Waals surface area contributed by atoms with Gasteiger partial charge in [0, 0.05) is 0 Å². The summed E-state index contributed by atoms with van der Waals surface area (Å²) in [5.74, 6) is -0.750. The smallest absolute Gasteiger partial charge is 0.321 e. The molecule has 0 aromatic heterocycles. The van der Waals surface area contributed by atoms with Crippen molar-refractivity contribution in [2.75, 3.05) is 5.75 Å². The zero-order valence-electron chi connectivity index (χ0n) is 6.24. The van der Waals surface area contributed by atoms with Gasteiger partial charge in [-0.3, -0.25) is 4.79 Å². The van der Waals surface area contributed by atoms with Crippen molar-refractivity contribution in [1.29, 1.82) is 0 Å². The predicted octanol–water partition coefficient (Wildman–Crippen LogP) is -0.101. The van der Waals surface area contributed by atoms with E-state index >= 15 is 0 Å². The fraction of sp³-hybridized carbons (Fsp3) is 0.500. The maximum Gasteiger partial charge on any atom is 0.321 e. The van der Waals surface area contributed by atoms with Crippen LogP contribution in [0.15, 0.2) is 12.7 Å². The van der Waals surface area contributed by atoms with Crippen molar-refractivity contribution in [3.63, 3.8) is 0 Å². The van der Waals surface area contributed by atoms with E-state index in [9.17, 15) is 9.00 Å². The summed E-state index contributed by atoms with van der Waals surface area (Å²) in [6.07, 6.45) is 1.47. The number of carbonyl (C=O) groups is 1. The highest BCUT2D eigenvalue weighted by molar-refractivity contribution is 7.83. The van der Waals surface area contributed by atoms with E-state index in [4.69, 9.17) is 5.11 Å². The minimum absolute atomic E-state index is 0.262. The molecule has 0 aliphatic carbocycles. The molecule has 2 N–H and O–H groups in total. The Balaban J connectivity index is 3.74. The second kappa shape index (κ2) is 5.03. The number of carboxylic acids is 1. The lowest BCUT2D eigenvalue weighted by molar-refractivity contribution is -0.138. The molecule has 0 aromatic rings. The van der Waals surface area contributed by atoms with Gasteiger partial charge in [-0.2, -0.15) is 0 Å². The van der Waals surface area contributed by atoms with Crippen LogP contribution in [0.2, 0.25) is 0 Å². The van der Waals surface area contributed by atoms with Crippen LogP contribution < -0.4 is 4.72 Å². The van der Waals surface area contributed by atoms with E-state index in [1.54, 1.807) is 0 Å². The summed E-state index contributed by atoms with van der Waals surface area (Å²) in [7, 11) is -1.32. The van der Waals surface area contributed by atoms with Crippen molar-refractivity contribution in [2.45, 2.75) is 13.0 Å². The molecule has 0 aromatic carbocycles. The minimum Gasteiger partial charge on any atom is -0.480 e. The second-order valence-corrected chi connectivity index (χ2v) is 3.24. The standard InChI is InChI=1S/C6H11NO3S/c1-3-4-11(10)7-5(2)6(8)9/h3,5,7H,1,4H2,2H3,(H,8,9)/t5-,11+/m1/s1. The molecular formula is C6H11NO3S. The summed E-state index contributed by atoms with van der Waals surface area (Å²) >= 11 is 0. The van der Waals surface area contributed by atoms with E-state index in [2.05, 4.69) is 11.3 Å². The van der Waals surface area contributed by atoms with Crippen molar-refractivity contribution in [3.8, 4) is 0 Å². The number of nitrogens with one attached hydrogen (secondary N) is 1. The van der Waals surface area contributed by atoms with Crippen LogP contribution in [0.5, 0.6) is 0 Å². The molecule has 0 saturated carbocycles. The highest BCUT2D eigenvalue weighted by atomic mass is 32.2. The van der Waals surface area contributed by atoms with Gasteiger partial charge in [0.15, 0.2) is 0 Å². The van der Waals surface area contributed by atoms with Gasteiger partial charge >= 0.3 is 5.97 Å². The van der Waals surface area contributed by atoms with Crippen molar-refractivity contribution in [1.82, 2.24) is 4.72 Å². The fourth-order valence-corrected chi connectivity index (χ4v) is 1.21. The third-order valence-electron chi connectivity index (χ3n) is 0.948. The Labute approximate surface area is 67.9 Å². The van der Waals surface area contributed by atoms with E-state index in [-0.39, 0.29) is 5.75 Å². The first kappa shape index (κ1) is 10.3. The molecule has 11 heavy (non-hydrogen) atoms. The second-order valence-electron chi connectivity index (χ2n) is 1.98. The quantitative estimate of drug-likeness (QED) is 0.576. The minimum atomic E-state index is -1.32. The lowest BCUT2D eigenvalue weighted by Crippen LogP contribution is -2.35. The first-order chi connectivity index (χ1) is 5.07. The van der Waals surface area contributed by atoms with E-state index in [0.717, 1.165) is 0 Å². The Morgan fingerprint density at radius 2 is 2.45 bits per heavy atom. The van der Waals surface area contributed by atoms with E-state index < -0.39 is 23.0 Å². The summed E-state index contributed by atoms with van der Waals surface area (Å²) < 4.78 is 13.2. The van der Waals surface area contributed by atoms with Crippen LogP contribution in [-0.2, 0) is 15.8 Å². The molecule has 0 amide bonds. The van der Waals surface area contributed by atoms with Crippen molar-refractivity contribution >= 4 is 17.0 Å². The van der Waals surface area contributed by atoms with Gasteiger partial charge in [0.1, 0.15) is 6.04 Å². The highest BCUT2D eigenvalue weighted by Gasteiger charge is 2.11. The lowest BCUT2D eigenvalue weighted by atomic mass is 10.4. The topological polar surface area (TPSA) is 66.4 Å². The zero-order valence-corrected chi connectivity index (χ0v) is 7.06. The van der Waals surface area contributed by atoms with Crippen LogP contribution >= 0.6 is 0 Å². The Kier molecular flexibility index (Phi) is 4.72. The van der Waals surface area contributed by atoms with Gasteiger partial charge in [0.25, 0.3) is 0 Å². The van der Waals surface area contributed by atoms with Crippen LogP contribution in [0.1, 0.15) is 6.92 Å². The molecule has 0 aliphatic rings. The van der Waals surface area contributed by atoms with Crippen LogP contribution in [-0.4, -0.2) is 27.1 Å². The molecule has 0 bridgehead atoms. The largest absolute Gasteiger partial charge is 0.480 e. The summed E-state index contributed by atoms with van der Waals surface area (Å²) in [6.45, 7) is 4.81. The molecule has 0 saturated heterocycles. The van der Waals surface area contributed by atoms with Gasteiger partial charge in [-0.05, 0) is 6.92 Å². The number of rotatable bonds is 5. The van der Waals surface area contributed by atoms with Crippen LogP contribution in [0.3, 0.4) is 0 Å². The molecule has 0 rings (SSSR count). The van der Waals surface area contributed by atoms with Gasteiger partial charge in [-0.1, -0.05) is 6.08 Å². The first-order valence-electron chi connectivity index (χ1n) is 3.06. The number of hydrogen-bond acceptors (Lipinski definition) is 2. The Bertz CT molecular complexity index is 181. The first-order valence-corrected chi connectivity index (χ1v) is 4.38. The summed E-state index contributed by atoms with van der Waals surface area (Å²) in [4.78, 5) is 10.2. The van der Waals surface area contributed by atoms with Crippen LogP contribution in [0.4, 0.5) is 0 Å². The molecular weight excluding hydrogens is 166 g/mol. The number of hydrogen-bond donors (Lipinski definition) is 2. The maximum atomic E-state index is 10.8. The third-order valence-corrected chi connectivity index (χ3v) is 2.10. The average molecular weight is 177 g/mol. The normalized spacial score (nSPS) is 15.4.